The maximum atomic E-state index is 13.4. The van der Waals surface area contributed by atoms with Gasteiger partial charge < -0.3 is 11.5 Å². The molecule has 1 fully saturated rings. The first-order valence-corrected chi connectivity index (χ1v) is 8.11. The van der Waals surface area contributed by atoms with Crippen LogP contribution in [0.2, 0.25) is 0 Å². The van der Waals surface area contributed by atoms with Crippen molar-refractivity contribution in [2.24, 2.45) is 5.73 Å². The number of rotatable bonds is 5. The minimum atomic E-state index is -4.07. The molecule has 2 rings (SSSR count). The van der Waals surface area contributed by atoms with Crippen LogP contribution < -0.4 is 11.5 Å². The molecule has 21 heavy (non-hydrogen) atoms. The molecule has 1 aromatic carbocycles. The van der Waals surface area contributed by atoms with Crippen LogP contribution >= 0.6 is 0 Å². The zero-order chi connectivity index (χ0) is 15.6. The lowest BCUT2D eigenvalue weighted by Crippen LogP contribution is -2.44. The van der Waals surface area contributed by atoms with Crippen LogP contribution in [-0.2, 0) is 14.8 Å². The van der Waals surface area contributed by atoms with Crippen molar-refractivity contribution in [3.8, 4) is 0 Å². The molecular weight excluding hydrogens is 297 g/mol. The fourth-order valence-electron chi connectivity index (χ4n) is 2.61. The Balaban J connectivity index is 2.45. The van der Waals surface area contributed by atoms with Gasteiger partial charge in [-0.3, -0.25) is 4.79 Å². The van der Waals surface area contributed by atoms with Crippen LogP contribution in [0.4, 0.5) is 10.1 Å². The minimum absolute atomic E-state index is 0.0520. The lowest BCUT2D eigenvalue weighted by Gasteiger charge is -2.27. The average Bonchev–Trinajstić information content (AvgIpc) is 2.92. The molecular formula is C13H18FN3O3S. The Hall–Kier alpha value is -1.67. The fraction of sp³-hybridized carbons (Fsp3) is 0.462. The minimum Gasteiger partial charge on any atom is -0.398 e. The van der Waals surface area contributed by atoms with Crippen LogP contribution in [0, 0.1) is 5.82 Å². The van der Waals surface area contributed by atoms with Crippen molar-refractivity contribution in [3.63, 3.8) is 0 Å². The average molecular weight is 315 g/mol. The van der Waals surface area contributed by atoms with Crippen molar-refractivity contribution in [1.29, 1.82) is 0 Å². The number of anilines is 1. The molecule has 0 radical (unpaired) electrons. The van der Waals surface area contributed by atoms with Crippen molar-refractivity contribution in [2.45, 2.75) is 36.6 Å². The molecule has 0 saturated heterocycles. The lowest BCUT2D eigenvalue weighted by atomic mass is 10.2. The maximum Gasteiger partial charge on any atom is 0.245 e. The van der Waals surface area contributed by atoms with Crippen molar-refractivity contribution >= 4 is 21.6 Å². The van der Waals surface area contributed by atoms with Crippen LogP contribution in [-0.4, -0.2) is 31.2 Å². The topological polar surface area (TPSA) is 106 Å². The summed E-state index contributed by atoms with van der Waals surface area (Å²) < 4.78 is 39.8. The van der Waals surface area contributed by atoms with Gasteiger partial charge in [0.1, 0.15) is 10.7 Å². The van der Waals surface area contributed by atoms with Gasteiger partial charge in [0.15, 0.2) is 0 Å². The Kier molecular flexibility index (Phi) is 4.48. The normalized spacial score (nSPS) is 16.5. The van der Waals surface area contributed by atoms with E-state index < -0.39 is 28.3 Å². The van der Waals surface area contributed by atoms with Gasteiger partial charge in [0.2, 0.25) is 15.9 Å². The van der Waals surface area contributed by atoms with E-state index in [1.165, 1.54) is 6.07 Å². The van der Waals surface area contributed by atoms with Crippen molar-refractivity contribution in [1.82, 2.24) is 4.31 Å². The molecule has 1 amide bonds. The highest BCUT2D eigenvalue weighted by Crippen LogP contribution is 2.30. The number of halogens is 1. The standard InChI is InChI=1S/C13H18FN3O3S/c14-9-5-6-11(15)12(7-9)21(19,20)17(8-13(16)18)10-3-1-2-4-10/h5-7,10H,1-4,8,15H2,(H2,16,18). The summed E-state index contributed by atoms with van der Waals surface area (Å²) in [6.45, 7) is -0.428. The zero-order valence-electron chi connectivity index (χ0n) is 11.5. The lowest BCUT2D eigenvalue weighted by molar-refractivity contribution is -0.118. The highest BCUT2D eigenvalue weighted by Gasteiger charge is 2.35. The van der Waals surface area contributed by atoms with E-state index in [4.69, 9.17) is 11.5 Å². The smallest absolute Gasteiger partial charge is 0.245 e. The molecule has 0 bridgehead atoms. The molecule has 4 N–H and O–H groups in total. The fourth-order valence-corrected chi connectivity index (χ4v) is 4.39. The Morgan fingerprint density at radius 3 is 2.52 bits per heavy atom. The van der Waals surface area contributed by atoms with Crippen LogP contribution in [0.1, 0.15) is 25.7 Å². The predicted octanol–water partition coefficient (Wildman–Crippen LogP) is 0.826. The monoisotopic (exact) mass is 315 g/mol. The maximum absolute atomic E-state index is 13.4. The molecule has 1 saturated carbocycles. The van der Waals surface area contributed by atoms with Gasteiger partial charge in [0.25, 0.3) is 0 Å². The number of amides is 1. The Morgan fingerprint density at radius 2 is 1.95 bits per heavy atom. The second-order valence-corrected chi connectivity index (χ2v) is 7.00. The number of sulfonamides is 1. The SMILES string of the molecule is NC(=O)CN(C1CCCC1)S(=O)(=O)c1cc(F)ccc1N. The molecule has 1 aliphatic carbocycles. The number of hydrogen-bond donors (Lipinski definition) is 2. The van der Waals surface area contributed by atoms with Crippen LogP contribution in [0.15, 0.2) is 23.1 Å². The molecule has 8 heteroatoms. The summed E-state index contributed by atoms with van der Waals surface area (Å²) in [6.07, 6.45) is 3.08. The van der Waals surface area contributed by atoms with E-state index in [0.717, 1.165) is 29.3 Å². The van der Waals surface area contributed by atoms with Crippen LogP contribution in [0.5, 0.6) is 0 Å². The number of nitrogens with zero attached hydrogens (tertiary/aromatic N) is 1. The molecule has 0 aliphatic heterocycles. The number of nitrogens with two attached hydrogens (primary N) is 2. The van der Waals surface area contributed by atoms with Crippen LogP contribution in [0.3, 0.4) is 0 Å². The number of nitrogen functional groups attached to an aromatic ring is 1. The largest absolute Gasteiger partial charge is 0.398 e. The van der Waals surface area contributed by atoms with Crippen molar-refractivity contribution in [2.75, 3.05) is 12.3 Å². The summed E-state index contributed by atoms with van der Waals surface area (Å²) in [5, 5.41) is 0. The Bertz CT molecular complexity index is 642. The van der Waals surface area contributed by atoms with Gasteiger partial charge in [0.05, 0.1) is 12.2 Å². The quantitative estimate of drug-likeness (QED) is 0.785. The van der Waals surface area contributed by atoms with E-state index in [-0.39, 0.29) is 16.6 Å². The third-order valence-electron chi connectivity index (χ3n) is 3.61. The summed E-state index contributed by atoms with van der Waals surface area (Å²) in [5.74, 6) is -1.45. The molecule has 6 nitrogen and oxygen atoms in total. The molecule has 0 spiro atoms. The van der Waals surface area contributed by atoms with Crippen molar-refractivity contribution in [3.05, 3.63) is 24.0 Å². The Morgan fingerprint density at radius 1 is 1.33 bits per heavy atom. The molecule has 116 valence electrons. The third kappa shape index (κ3) is 3.33. The molecule has 0 unspecified atom stereocenters. The summed E-state index contributed by atoms with van der Waals surface area (Å²) in [7, 11) is -4.07. The van der Waals surface area contributed by atoms with Crippen molar-refractivity contribution < 1.29 is 17.6 Å². The van der Waals surface area contributed by atoms with Gasteiger partial charge in [-0.25, -0.2) is 12.8 Å². The summed E-state index contributed by atoms with van der Waals surface area (Å²) in [5.41, 5.74) is 10.8. The second-order valence-electron chi connectivity index (χ2n) is 5.14. The van der Waals surface area contributed by atoms with Gasteiger partial charge in [0, 0.05) is 6.04 Å². The Labute approximate surface area is 123 Å². The molecule has 0 atom stereocenters. The number of hydrogen-bond acceptors (Lipinski definition) is 4. The van der Waals surface area contributed by atoms with E-state index in [0.29, 0.717) is 12.8 Å². The first kappa shape index (κ1) is 15.7. The van der Waals surface area contributed by atoms with Crippen LogP contribution in [0.25, 0.3) is 0 Å². The van der Waals surface area contributed by atoms with Gasteiger partial charge in [-0.05, 0) is 31.0 Å². The van der Waals surface area contributed by atoms with Gasteiger partial charge in [-0.1, -0.05) is 12.8 Å². The van der Waals surface area contributed by atoms with E-state index in [1.807, 2.05) is 0 Å². The second kappa shape index (κ2) is 5.98. The van der Waals surface area contributed by atoms with Gasteiger partial charge in [-0.2, -0.15) is 4.31 Å². The highest BCUT2D eigenvalue weighted by atomic mass is 32.2. The van der Waals surface area contributed by atoms with Gasteiger partial charge in [-0.15, -0.1) is 0 Å². The first-order valence-electron chi connectivity index (χ1n) is 6.67. The zero-order valence-corrected chi connectivity index (χ0v) is 12.3. The van der Waals surface area contributed by atoms with E-state index >= 15 is 0 Å². The molecule has 1 aliphatic rings. The number of carbonyl (C=O) groups excluding carboxylic acids is 1. The number of primary amides is 1. The highest BCUT2D eigenvalue weighted by molar-refractivity contribution is 7.89. The molecule has 0 heterocycles. The molecule has 0 aromatic heterocycles. The summed E-state index contributed by atoms with van der Waals surface area (Å²) in [6, 6.07) is 2.85. The number of benzene rings is 1. The molecule has 1 aromatic rings. The number of carbonyl (C=O) groups is 1. The van der Waals surface area contributed by atoms with E-state index in [2.05, 4.69) is 0 Å². The summed E-state index contributed by atoms with van der Waals surface area (Å²) in [4.78, 5) is 10.9. The van der Waals surface area contributed by atoms with Gasteiger partial charge >= 0.3 is 0 Å². The predicted molar refractivity (Wildman–Crippen MR) is 76.2 cm³/mol. The first-order chi connectivity index (χ1) is 9.82. The third-order valence-corrected chi connectivity index (χ3v) is 5.56. The van der Waals surface area contributed by atoms with E-state index in [1.54, 1.807) is 0 Å². The summed E-state index contributed by atoms with van der Waals surface area (Å²) >= 11 is 0. The van der Waals surface area contributed by atoms with E-state index in [9.17, 15) is 17.6 Å².